The van der Waals surface area contributed by atoms with Crippen molar-refractivity contribution >= 4 is 11.0 Å². The Balaban J connectivity index is 2.18. The second kappa shape index (κ2) is 3.49. The lowest BCUT2D eigenvalue weighted by atomic mass is 10.1. The van der Waals surface area contributed by atoms with Crippen LogP contribution in [0.5, 0.6) is 5.75 Å². The smallest absolute Gasteiger partial charge is 0.121 e. The summed E-state index contributed by atoms with van der Waals surface area (Å²) in [6.07, 6.45) is 1.21. The Hall–Kier alpha value is -1.55. The minimum Gasteiger partial charge on any atom is -0.497 e. The molecule has 1 aromatic heterocycles. The molecule has 4 heteroatoms. The zero-order valence-corrected chi connectivity index (χ0v) is 9.18. The van der Waals surface area contributed by atoms with Gasteiger partial charge in [-0.05, 0) is 18.6 Å². The number of ether oxygens (including phenoxy) is 1. The summed E-state index contributed by atoms with van der Waals surface area (Å²) in [7, 11) is 1.67. The van der Waals surface area contributed by atoms with Gasteiger partial charge in [0.1, 0.15) is 11.6 Å². The van der Waals surface area contributed by atoms with E-state index in [1.54, 1.807) is 7.11 Å². The average molecular weight is 218 g/mol. The van der Waals surface area contributed by atoms with Crippen molar-refractivity contribution in [1.82, 2.24) is 9.55 Å². The Kier molecular flexibility index (Phi) is 2.11. The highest BCUT2D eigenvalue weighted by Crippen LogP contribution is 2.25. The molecule has 1 aliphatic heterocycles. The predicted molar refractivity (Wildman–Crippen MR) is 60.6 cm³/mol. The first-order valence-electron chi connectivity index (χ1n) is 5.49. The molecular weight excluding hydrogens is 204 g/mol. The van der Waals surface area contributed by atoms with Crippen molar-refractivity contribution in [3.05, 3.63) is 24.0 Å². The Morgan fingerprint density at radius 1 is 1.50 bits per heavy atom. The highest BCUT2D eigenvalue weighted by Gasteiger charge is 2.20. The number of methoxy groups -OCH3 is 1. The van der Waals surface area contributed by atoms with Gasteiger partial charge in [0.15, 0.2) is 0 Å². The van der Waals surface area contributed by atoms with Crippen LogP contribution in [0.4, 0.5) is 0 Å². The molecule has 1 aliphatic rings. The van der Waals surface area contributed by atoms with E-state index in [1.165, 1.54) is 0 Å². The second-order valence-electron chi connectivity index (χ2n) is 4.18. The van der Waals surface area contributed by atoms with Gasteiger partial charge >= 0.3 is 0 Å². The summed E-state index contributed by atoms with van der Waals surface area (Å²) < 4.78 is 7.38. The number of aliphatic hydroxyl groups excluding tert-OH is 1. The van der Waals surface area contributed by atoms with E-state index in [9.17, 15) is 5.11 Å². The first kappa shape index (κ1) is 9.66. The van der Waals surface area contributed by atoms with Gasteiger partial charge in [0.2, 0.25) is 0 Å². The number of hydrogen-bond acceptors (Lipinski definition) is 3. The number of hydrogen-bond donors (Lipinski definition) is 1. The normalized spacial score (nSPS) is 19.8. The monoisotopic (exact) mass is 218 g/mol. The fraction of sp³-hybridized carbons (Fsp3) is 0.417. The largest absolute Gasteiger partial charge is 0.497 e. The van der Waals surface area contributed by atoms with Crippen LogP contribution in [-0.2, 0) is 13.0 Å². The SMILES string of the molecule is COc1ccc2nc3n(c2c1)CCC(O)C3. The molecule has 0 radical (unpaired) electrons. The first-order valence-corrected chi connectivity index (χ1v) is 5.49. The summed E-state index contributed by atoms with van der Waals surface area (Å²) in [6.45, 7) is 0.833. The molecular formula is C12H14N2O2. The van der Waals surface area contributed by atoms with Crippen LogP contribution < -0.4 is 4.74 Å². The Morgan fingerprint density at radius 3 is 3.19 bits per heavy atom. The van der Waals surface area contributed by atoms with Crippen molar-refractivity contribution in [2.24, 2.45) is 0 Å². The van der Waals surface area contributed by atoms with E-state index in [1.807, 2.05) is 18.2 Å². The van der Waals surface area contributed by atoms with E-state index in [2.05, 4.69) is 9.55 Å². The molecule has 0 saturated carbocycles. The topological polar surface area (TPSA) is 47.3 Å². The maximum absolute atomic E-state index is 9.60. The highest BCUT2D eigenvalue weighted by atomic mass is 16.5. The molecule has 0 saturated heterocycles. The lowest BCUT2D eigenvalue weighted by molar-refractivity contribution is 0.142. The standard InChI is InChI=1S/C12H14N2O2/c1-16-9-2-3-10-11(7-9)14-5-4-8(15)6-12(14)13-10/h2-3,7-8,15H,4-6H2,1H3. The quantitative estimate of drug-likeness (QED) is 0.786. The molecule has 0 aliphatic carbocycles. The molecule has 3 rings (SSSR count). The summed E-state index contributed by atoms with van der Waals surface area (Å²) in [5.74, 6) is 1.82. The zero-order chi connectivity index (χ0) is 11.1. The molecule has 2 heterocycles. The van der Waals surface area contributed by atoms with Crippen LogP contribution >= 0.6 is 0 Å². The number of imidazole rings is 1. The zero-order valence-electron chi connectivity index (χ0n) is 9.18. The number of fused-ring (bicyclic) bond motifs is 3. The van der Waals surface area contributed by atoms with E-state index in [-0.39, 0.29) is 6.10 Å². The molecule has 0 fully saturated rings. The summed E-state index contributed by atoms with van der Waals surface area (Å²) in [4.78, 5) is 4.53. The molecule has 2 aromatic rings. The maximum Gasteiger partial charge on any atom is 0.121 e. The van der Waals surface area contributed by atoms with Gasteiger partial charge < -0.3 is 14.4 Å². The average Bonchev–Trinajstić information content (AvgIpc) is 2.65. The molecule has 0 spiro atoms. The molecule has 1 unspecified atom stereocenters. The van der Waals surface area contributed by atoms with Gasteiger partial charge in [0, 0.05) is 19.0 Å². The van der Waals surface area contributed by atoms with Crippen LogP contribution in [0.25, 0.3) is 11.0 Å². The van der Waals surface area contributed by atoms with Gasteiger partial charge in [-0.25, -0.2) is 4.98 Å². The van der Waals surface area contributed by atoms with E-state index < -0.39 is 0 Å². The number of aromatic nitrogens is 2. The van der Waals surface area contributed by atoms with Gasteiger partial charge in [-0.1, -0.05) is 0 Å². The van der Waals surface area contributed by atoms with Crippen LogP contribution in [-0.4, -0.2) is 27.9 Å². The third-order valence-corrected chi connectivity index (χ3v) is 3.14. The second-order valence-corrected chi connectivity index (χ2v) is 4.18. The van der Waals surface area contributed by atoms with Gasteiger partial charge in [0.05, 0.1) is 24.2 Å². The predicted octanol–water partition coefficient (Wildman–Crippen LogP) is 1.35. The van der Waals surface area contributed by atoms with E-state index in [0.29, 0.717) is 6.42 Å². The maximum atomic E-state index is 9.60. The fourth-order valence-corrected chi connectivity index (χ4v) is 2.28. The van der Waals surface area contributed by atoms with Crippen LogP contribution in [0.15, 0.2) is 18.2 Å². The molecule has 0 bridgehead atoms. The number of benzene rings is 1. The molecule has 84 valence electrons. The van der Waals surface area contributed by atoms with E-state index in [4.69, 9.17) is 4.74 Å². The van der Waals surface area contributed by atoms with Crippen LogP contribution in [0.3, 0.4) is 0 Å². The van der Waals surface area contributed by atoms with Gasteiger partial charge in [0.25, 0.3) is 0 Å². The highest BCUT2D eigenvalue weighted by molar-refractivity contribution is 5.78. The Morgan fingerprint density at radius 2 is 2.38 bits per heavy atom. The molecule has 0 amide bonds. The van der Waals surface area contributed by atoms with Crippen LogP contribution in [0, 0.1) is 0 Å². The summed E-state index contributed by atoms with van der Waals surface area (Å²) >= 11 is 0. The number of aliphatic hydroxyl groups is 1. The number of aryl methyl sites for hydroxylation is 1. The lowest BCUT2D eigenvalue weighted by Crippen LogP contribution is -2.23. The summed E-state index contributed by atoms with van der Waals surface area (Å²) in [6, 6.07) is 5.88. The minimum atomic E-state index is -0.244. The van der Waals surface area contributed by atoms with Crippen molar-refractivity contribution in [2.45, 2.75) is 25.5 Å². The molecule has 1 aromatic carbocycles. The molecule has 4 nitrogen and oxygen atoms in total. The van der Waals surface area contributed by atoms with Gasteiger partial charge in [-0.15, -0.1) is 0 Å². The van der Waals surface area contributed by atoms with Crippen molar-refractivity contribution in [2.75, 3.05) is 7.11 Å². The number of rotatable bonds is 1. The number of nitrogens with zero attached hydrogens (tertiary/aromatic N) is 2. The summed E-state index contributed by atoms with van der Waals surface area (Å²) in [5.41, 5.74) is 2.08. The molecule has 16 heavy (non-hydrogen) atoms. The van der Waals surface area contributed by atoms with Crippen molar-refractivity contribution in [1.29, 1.82) is 0 Å². The fourth-order valence-electron chi connectivity index (χ4n) is 2.28. The third kappa shape index (κ3) is 1.38. The van der Waals surface area contributed by atoms with Crippen molar-refractivity contribution in [3.8, 4) is 5.75 Å². The molecule has 1 N–H and O–H groups in total. The Bertz CT molecular complexity index is 533. The lowest BCUT2D eigenvalue weighted by Gasteiger charge is -2.19. The van der Waals surface area contributed by atoms with Crippen molar-refractivity contribution in [3.63, 3.8) is 0 Å². The van der Waals surface area contributed by atoms with E-state index in [0.717, 1.165) is 35.6 Å². The minimum absolute atomic E-state index is 0.244. The molecule has 1 atom stereocenters. The van der Waals surface area contributed by atoms with Crippen LogP contribution in [0.1, 0.15) is 12.2 Å². The van der Waals surface area contributed by atoms with Crippen LogP contribution in [0.2, 0.25) is 0 Å². The third-order valence-electron chi connectivity index (χ3n) is 3.14. The summed E-state index contributed by atoms with van der Waals surface area (Å²) in [5, 5.41) is 9.60. The van der Waals surface area contributed by atoms with Gasteiger partial charge in [-0.3, -0.25) is 0 Å². The van der Waals surface area contributed by atoms with Gasteiger partial charge in [-0.2, -0.15) is 0 Å². The van der Waals surface area contributed by atoms with E-state index >= 15 is 0 Å². The Labute approximate surface area is 93.5 Å². The van der Waals surface area contributed by atoms with Crippen molar-refractivity contribution < 1.29 is 9.84 Å². The first-order chi connectivity index (χ1) is 7.78.